The largest absolute Gasteiger partial charge is 0.379 e. The average Bonchev–Trinajstić information content (AvgIpc) is 2.66. The van der Waals surface area contributed by atoms with Gasteiger partial charge >= 0.3 is 0 Å². The molecular formula is C17H13Cl4FN2O3S2. The fraction of sp³-hybridized carbons (Fsp3) is 0.235. The number of rotatable bonds is 4. The number of morpholine rings is 1. The molecule has 1 N–H and O–H groups in total. The first kappa shape index (κ1) is 23.0. The summed E-state index contributed by atoms with van der Waals surface area (Å²) in [6, 6.07) is 5.20. The van der Waals surface area contributed by atoms with Crippen LogP contribution in [-0.4, -0.2) is 44.0 Å². The van der Waals surface area contributed by atoms with E-state index in [1.54, 1.807) is 0 Å². The Hall–Kier alpha value is -0.710. The highest BCUT2D eigenvalue weighted by atomic mass is 35.5. The minimum Gasteiger partial charge on any atom is -0.379 e. The minimum absolute atomic E-state index is 0.0269. The first-order valence-electron chi connectivity index (χ1n) is 8.14. The number of thiocarbonyl (C=S) groups is 1. The van der Waals surface area contributed by atoms with Gasteiger partial charge in [0.25, 0.3) is 0 Å². The van der Waals surface area contributed by atoms with Gasteiger partial charge in [0, 0.05) is 24.3 Å². The lowest BCUT2D eigenvalue weighted by atomic mass is 10.2. The Morgan fingerprint density at radius 3 is 2.17 bits per heavy atom. The molecule has 29 heavy (non-hydrogen) atoms. The summed E-state index contributed by atoms with van der Waals surface area (Å²) in [7, 11) is -3.87. The molecule has 3 rings (SSSR count). The summed E-state index contributed by atoms with van der Waals surface area (Å²) in [5, 5.41) is 2.56. The summed E-state index contributed by atoms with van der Waals surface area (Å²) in [6.45, 7) is 1.02. The van der Waals surface area contributed by atoms with Gasteiger partial charge in [0.15, 0.2) is 5.82 Å². The fourth-order valence-corrected chi connectivity index (χ4v) is 5.73. The number of ether oxygens (including phenoxy) is 1. The quantitative estimate of drug-likeness (QED) is 0.443. The van der Waals surface area contributed by atoms with Crippen molar-refractivity contribution in [1.82, 2.24) is 4.31 Å². The summed E-state index contributed by atoms with van der Waals surface area (Å²) in [6.07, 6.45) is 0. The van der Waals surface area contributed by atoms with Gasteiger partial charge in [0.2, 0.25) is 10.0 Å². The molecule has 0 aromatic heterocycles. The molecule has 5 nitrogen and oxygen atoms in total. The Kier molecular flexibility index (Phi) is 7.28. The lowest BCUT2D eigenvalue weighted by Gasteiger charge is -2.26. The third-order valence-corrected chi connectivity index (χ3v) is 7.64. The van der Waals surface area contributed by atoms with Gasteiger partial charge in [-0.05, 0) is 24.3 Å². The fourth-order valence-electron chi connectivity index (χ4n) is 2.65. The van der Waals surface area contributed by atoms with E-state index < -0.39 is 15.8 Å². The standard InChI is InChI=1S/C17H13Cl4FN2O3S2/c18-11-8-12(19)15(29(25,26)24-1-3-27-4-2-24)7-10(11)17(28)23-9-5-13(20)16(22)14(21)6-9/h5-8H,1-4H2,(H,23,28). The van der Waals surface area contributed by atoms with Gasteiger partial charge in [0.1, 0.15) is 9.88 Å². The second-order valence-electron chi connectivity index (χ2n) is 5.99. The van der Waals surface area contributed by atoms with E-state index in [1.165, 1.54) is 28.6 Å². The molecule has 0 amide bonds. The number of hydrogen-bond acceptors (Lipinski definition) is 4. The molecule has 0 atom stereocenters. The molecule has 0 aliphatic carbocycles. The molecule has 12 heteroatoms. The van der Waals surface area contributed by atoms with Crippen LogP contribution >= 0.6 is 58.6 Å². The molecule has 1 fully saturated rings. The third kappa shape index (κ3) is 4.97. The Balaban J connectivity index is 1.96. The second-order valence-corrected chi connectivity index (χ2v) is 9.93. The Morgan fingerprint density at radius 2 is 1.59 bits per heavy atom. The highest BCUT2D eigenvalue weighted by Crippen LogP contribution is 2.33. The van der Waals surface area contributed by atoms with Crippen molar-refractivity contribution < 1.29 is 17.5 Å². The molecule has 156 valence electrons. The zero-order chi connectivity index (χ0) is 21.3. The maximum absolute atomic E-state index is 13.6. The Labute approximate surface area is 192 Å². The average molecular weight is 518 g/mol. The van der Waals surface area contributed by atoms with E-state index >= 15 is 0 Å². The van der Waals surface area contributed by atoms with Crippen LogP contribution in [0.4, 0.5) is 10.1 Å². The number of benzene rings is 2. The molecule has 0 spiro atoms. The van der Waals surface area contributed by atoms with Gasteiger partial charge < -0.3 is 10.1 Å². The zero-order valence-corrected chi connectivity index (χ0v) is 19.2. The van der Waals surface area contributed by atoms with Crippen LogP contribution in [0.5, 0.6) is 0 Å². The summed E-state index contributed by atoms with van der Waals surface area (Å²) >= 11 is 29.3. The number of anilines is 1. The molecule has 2 aromatic carbocycles. The van der Waals surface area contributed by atoms with Crippen molar-refractivity contribution >= 4 is 79.3 Å². The summed E-state index contributed by atoms with van der Waals surface area (Å²) in [5.74, 6) is -0.756. The van der Waals surface area contributed by atoms with Gasteiger partial charge in [0.05, 0.1) is 33.3 Å². The van der Waals surface area contributed by atoms with E-state index in [4.69, 9.17) is 63.4 Å². The molecule has 1 heterocycles. The maximum atomic E-state index is 13.6. The lowest BCUT2D eigenvalue weighted by Crippen LogP contribution is -2.40. The van der Waals surface area contributed by atoms with Crippen molar-refractivity contribution in [3.05, 3.63) is 55.7 Å². The smallest absolute Gasteiger partial charge is 0.244 e. The summed E-state index contributed by atoms with van der Waals surface area (Å²) in [5.41, 5.74) is 0.546. The molecule has 2 aromatic rings. The van der Waals surface area contributed by atoms with Crippen molar-refractivity contribution in [2.24, 2.45) is 0 Å². The van der Waals surface area contributed by atoms with Crippen molar-refractivity contribution in [3.8, 4) is 0 Å². The van der Waals surface area contributed by atoms with Gasteiger partial charge in [-0.1, -0.05) is 58.6 Å². The predicted molar refractivity (Wildman–Crippen MR) is 118 cm³/mol. The van der Waals surface area contributed by atoms with Crippen LogP contribution in [0.1, 0.15) is 5.56 Å². The number of sulfonamides is 1. The topological polar surface area (TPSA) is 58.6 Å². The van der Waals surface area contributed by atoms with Crippen LogP contribution in [0.15, 0.2) is 29.2 Å². The van der Waals surface area contributed by atoms with Gasteiger partial charge in [-0.25, -0.2) is 12.8 Å². The van der Waals surface area contributed by atoms with E-state index in [-0.39, 0.29) is 48.6 Å². The van der Waals surface area contributed by atoms with E-state index in [9.17, 15) is 12.8 Å². The maximum Gasteiger partial charge on any atom is 0.244 e. The molecule has 0 radical (unpaired) electrons. The highest BCUT2D eigenvalue weighted by molar-refractivity contribution is 7.89. The zero-order valence-electron chi connectivity index (χ0n) is 14.5. The second kappa shape index (κ2) is 9.20. The number of hydrogen-bond donors (Lipinski definition) is 1. The van der Waals surface area contributed by atoms with Gasteiger partial charge in [-0.3, -0.25) is 0 Å². The lowest BCUT2D eigenvalue weighted by molar-refractivity contribution is 0.0730. The minimum atomic E-state index is -3.87. The normalized spacial score (nSPS) is 15.3. The number of nitrogens with one attached hydrogen (secondary N) is 1. The van der Waals surface area contributed by atoms with Crippen molar-refractivity contribution in [3.63, 3.8) is 0 Å². The Morgan fingerprint density at radius 1 is 1.00 bits per heavy atom. The van der Waals surface area contributed by atoms with Crippen LogP contribution in [0, 0.1) is 5.82 Å². The first-order chi connectivity index (χ1) is 13.6. The molecule has 1 aliphatic rings. The van der Waals surface area contributed by atoms with Gasteiger partial charge in [-0.2, -0.15) is 4.31 Å². The Bertz CT molecular complexity index is 1050. The van der Waals surface area contributed by atoms with Crippen LogP contribution in [0.3, 0.4) is 0 Å². The van der Waals surface area contributed by atoms with Crippen molar-refractivity contribution in [2.45, 2.75) is 4.90 Å². The third-order valence-electron chi connectivity index (χ3n) is 4.10. The van der Waals surface area contributed by atoms with E-state index in [2.05, 4.69) is 5.32 Å². The molecule has 0 unspecified atom stereocenters. The molecule has 0 saturated carbocycles. The monoisotopic (exact) mass is 516 g/mol. The highest BCUT2D eigenvalue weighted by Gasteiger charge is 2.29. The molecule has 1 saturated heterocycles. The van der Waals surface area contributed by atoms with Crippen LogP contribution in [0.25, 0.3) is 0 Å². The molecule has 0 bridgehead atoms. The van der Waals surface area contributed by atoms with E-state index in [0.717, 1.165) is 0 Å². The number of halogens is 5. The molecule has 1 aliphatic heterocycles. The van der Waals surface area contributed by atoms with Crippen LogP contribution < -0.4 is 5.32 Å². The summed E-state index contributed by atoms with van der Waals surface area (Å²) in [4.78, 5) is -0.0383. The summed E-state index contributed by atoms with van der Waals surface area (Å²) < 4.78 is 46.0. The molecular weight excluding hydrogens is 505 g/mol. The first-order valence-corrected chi connectivity index (χ1v) is 11.5. The van der Waals surface area contributed by atoms with E-state index in [0.29, 0.717) is 18.9 Å². The van der Waals surface area contributed by atoms with E-state index in [1.807, 2.05) is 0 Å². The van der Waals surface area contributed by atoms with Gasteiger partial charge in [-0.15, -0.1) is 0 Å². The number of nitrogens with zero attached hydrogens (tertiary/aromatic N) is 1. The van der Waals surface area contributed by atoms with Crippen molar-refractivity contribution in [2.75, 3.05) is 31.6 Å². The SMILES string of the molecule is O=S(=O)(c1cc(C(=S)Nc2cc(Cl)c(F)c(Cl)c2)c(Cl)cc1Cl)N1CCOCC1. The van der Waals surface area contributed by atoms with Crippen molar-refractivity contribution in [1.29, 1.82) is 0 Å². The van der Waals surface area contributed by atoms with Crippen LogP contribution in [-0.2, 0) is 14.8 Å². The van der Waals surface area contributed by atoms with Crippen LogP contribution in [0.2, 0.25) is 20.1 Å². The predicted octanol–water partition coefficient (Wildman–Crippen LogP) is 5.25.